The normalized spacial score (nSPS) is 14.9. The fourth-order valence-electron chi connectivity index (χ4n) is 2.33. The summed E-state index contributed by atoms with van der Waals surface area (Å²) in [4.78, 5) is 29.1. The molecule has 1 saturated heterocycles. The zero-order valence-corrected chi connectivity index (χ0v) is 11.0. The summed E-state index contributed by atoms with van der Waals surface area (Å²) in [5.41, 5.74) is 0.182. The number of hydrogen-bond acceptors (Lipinski definition) is 5. The Morgan fingerprint density at radius 3 is 3.00 bits per heavy atom. The largest absolute Gasteiger partial charge is 0.369 e. The summed E-state index contributed by atoms with van der Waals surface area (Å²) < 4.78 is 1.32. The first kappa shape index (κ1) is 12.6. The molecule has 0 saturated carbocycles. The summed E-state index contributed by atoms with van der Waals surface area (Å²) in [5, 5.41) is 9.27. The van der Waals surface area contributed by atoms with Crippen LogP contribution in [0.25, 0.3) is 5.65 Å². The Balaban J connectivity index is 1.56. The fraction of sp³-hybridized carbons (Fsp3) is 0.500. The Hall–Kier alpha value is -2.38. The molecule has 0 aliphatic carbocycles. The first-order valence-corrected chi connectivity index (χ1v) is 6.68. The Labute approximate surface area is 114 Å². The molecule has 0 unspecified atom stereocenters. The van der Waals surface area contributed by atoms with Gasteiger partial charge in [-0.1, -0.05) is 0 Å². The molecule has 1 fully saturated rings. The summed E-state index contributed by atoms with van der Waals surface area (Å²) in [6.45, 7) is 2.27. The van der Waals surface area contributed by atoms with Gasteiger partial charge in [-0.05, 0) is 12.8 Å². The number of nitrogens with one attached hydrogen (secondary N) is 2. The van der Waals surface area contributed by atoms with Gasteiger partial charge in [0, 0.05) is 32.1 Å². The van der Waals surface area contributed by atoms with E-state index < -0.39 is 0 Å². The molecule has 20 heavy (non-hydrogen) atoms. The molecule has 0 atom stereocenters. The second-order valence-corrected chi connectivity index (χ2v) is 4.80. The first-order chi connectivity index (χ1) is 9.74. The van der Waals surface area contributed by atoms with Gasteiger partial charge < -0.3 is 10.2 Å². The van der Waals surface area contributed by atoms with Gasteiger partial charge in [0.15, 0.2) is 5.65 Å². The van der Waals surface area contributed by atoms with E-state index in [0.29, 0.717) is 24.4 Å². The van der Waals surface area contributed by atoms with Crippen molar-refractivity contribution in [2.75, 3.05) is 25.0 Å². The van der Waals surface area contributed by atoms with Crippen LogP contribution in [0.4, 0.5) is 5.82 Å². The smallest absolute Gasteiger partial charge is 0.348 e. The number of fused-ring (bicyclic) bond motifs is 1. The molecule has 3 rings (SSSR count). The maximum atomic E-state index is 11.9. The predicted octanol–water partition coefficient (Wildman–Crippen LogP) is -0.158. The van der Waals surface area contributed by atoms with E-state index in [-0.39, 0.29) is 11.6 Å². The number of hydrogen-bond donors (Lipinski definition) is 2. The van der Waals surface area contributed by atoms with Gasteiger partial charge in [-0.15, -0.1) is 0 Å². The van der Waals surface area contributed by atoms with Crippen LogP contribution >= 0.6 is 0 Å². The van der Waals surface area contributed by atoms with Gasteiger partial charge in [-0.3, -0.25) is 4.79 Å². The molecule has 0 radical (unpaired) electrons. The Bertz CT molecular complexity index is 670. The zero-order valence-electron chi connectivity index (χ0n) is 11.0. The Morgan fingerprint density at radius 2 is 2.20 bits per heavy atom. The van der Waals surface area contributed by atoms with Gasteiger partial charge in [0.25, 0.3) is 0 Å². The summed E-state index contributed by atoms with van der Waals surface area (Å²) >= 11 is 0. The third-order valence-corrected chi connectivity index (χ3v) is 3.41. The van der Waals surface area contributed by atoms with Crippen molar-refractivity contribution in [3.8, 4) is 0 Å². The number of aromatic amines is 1. The monoisotopic (exact) mass is 276 g/mol. The first-order valence-electron chi connectivity index (χ1n) is 6.68. The Kier molecular flexibility index (Phi) is 3.36. The van der Waals surface area contributed by atoms with Crippen molar-refractivity contribution >= 4 is 17.4 Å². The van der Waals surface area contributed by atoms with Gasteiger partial charge in [-0.2, -0.15) is 5.10 Å². The molecule has 0 spiro atoms. The lowest BCUT2D eigenvalue weighted by molar-refractivity contribution is -0.129. The number of nitrogens with zero attached hydrogens (tertiary/aromatic N) is 4. The molecule has 1 amide bonds. The quantitative estimate of drug-likeness (QED) is 0.809. The zero-order chi connectivity index (χ0) is 13.9. The molecule has 3 heterocycles. The molecule has 8 nitrogen and oxygen atoms in total. The van der Waals surface area contributed by atoms with E-state index in [1.807, 2.05) is 4.90 Å². The molecule has 2 aromatic heterocycles. The van der Waals surface area contributed by atoms with Gasteiger partial charge in [0.1, 0.15) is 12.1 Å². The number of anilines is 1. The highest BCUT2D eigenvalue weighted by Gasteiger charge is 2.17. The maximum absolute atomic E-state index is 11.9. The van der Waals surface area contributed by atoms with Gasteiger partial charge >= 0.3 is 5.69 Å². The second kappa shape index (κ2) is 5.32. The third kappa shape index (κ3) is 2.49. The van der Waals surface area contributed by atoms with Crippen molar-refractivity contribution in [1.29, 1.82) is 0 Å². The van der Waals surface area contributed by atoms with E-state index in [0.717, 1.165) is 25.9 Å². The summed E-state index contributed by atoms with van der Waals surface area (Å²) in [7, 11) is 0. The number of amides is 1. The summed E-state index contributed by atoms with van der Waals surface area (Å²) in [5.74, 6) is 0.776. The van der Waals surface area contributed by atoms with Crippen molar-refractivity contribution < 1.29 is 4.79 Å². The van der Waals surface area contributed by atoms with Crippen LogP contribution in [-0.4, -0.2) is 50.0 Å². The van der Waals surface area contributed by atoms with E-state index in [1.165, 1.54) is 10.7 Å². The molecule has 0 aromatic carbocycles. The average Bonchev–Trinajstić information content (AvgIpc) is 3.09. The number of likely N-dealkylation sites (tertiary alicyclic amines) is 1. The topological polar surface area (TPSA) is 95.4 Å². The van der Waals surface area contributed by atoms with E-state index in [4.69, 9.17) is 0 Å². The maximum Gasteiger partial charge on any atom is 0.348 e. The number of carbonyl (C=O) groups is 1. The minimum Gasteiger partial charge on any atom is -0.369 e. The number of carbonyl (C=O) groups excluding carboxylic acids is 1. The third-order valence-electron chi connectivity index (χ3n) is 3.41. The molecule has 0 bridgehead atoms. The second-order valence-electron chi connectivity index (χ2n) is 4.80. The van der Waals surface area contributed by atoms with Crippen LogP contribution in [0, 0.1) is 0 Å². The highest BCUT2D eigenvalue weighted by Crippen LogP contribution is 2.09. The molecule has 106 valence electrons. The molecule has 8 heteroatoms. The van der Waals surface area contributed by atoms with Crippen LogP contribution in [0.3, 0.4) is 0 Å². The van der Waals surface area contributed by atoms with Gasteiger partial charge in [-0.25, -0.2) is 19.3 Å². The lowest BCUT2D eigenvalue weighted by atomic mass is 10.3. The van der Waals surface area contributed by atoms with Crippen molar-refractivity contribution in [3.05, 3.63) is 22.9 Å². The number of H-pyrrole nitrogens is 1. The minimum atomic E-state index is -0.316. The lowest BCUT2D eigenvalue weighted by Gasteiger charge is -2.15. The van der Waals surface area contributed by atoms with Crippen LogP contribution in [-0.2, 0) is 4.79 Å². The van der Waals surface area contributed by atoms with Crippen LogP contribution < -0.4 is 11.0 Å². The lowest BCUT2D eigenvalue weighted by Crippen LogP contribution is -2.29. The average molecular weight is 276 g/mol. The van der Waals surface area contributed by atoms with Crippen LogP contribution in [0.1, 0.15) is 19.3 Å². The van der Waals surface area contributed by atoms with E-state index in [2.05, 4.69) is 20.5 Å². The predicted molar refractivity (Wildman–Crippen MR) is 72.5 cm³/mol. The van der Waals surface area contributed by atoms with Crippen LogP contribution in [0.15, 0.2) is 17.2 Å². The molecular formula is C12H16N6O2. The van der Waals surface area contributed by atoms with Crippen LogP contribution in [0.5, 0.6) is 0 Å². The van der Waals surface area contributed by atoms with Crippen molar-refractivity contribution in [2.24, 2.45) is 0 Å². The SMILES string of the molecule is O=C(CCNc1cc2n[nH]c(=O)n2cn1)N1CCCC1. The van der Waals surface area contributed by atoms with Gasteiger partial charge in [0.2, 0.25) is 5.91 Å². The van der Waals surface area contributed by atoms with Crippen LogP contribution in [0.2, 0.25) is 0 Å². The highest BCUT2D eigenvalue weighted by atomic mass is 16.2. The minimum absolute atomic E-state index is 0.173. The van der Waals surface area contributed by atoms with E-state index in [9.17, 15) is 9.59 Å². The van der Waals surface area contributed by atoms with Crippen molar-refractivity contribution in [2.45, 2.75) is 19.3 Å². The van der Waals surface area contributed by atoms with Crippen molar-refractivity contribution in [3.63, 3.8) is 0 Å². The van der Waals surface area contributed by atoms with Gasteiger partial charge in [0.05, 0.1) is 0 Å². The van der Waals surface area contributed by atoms with Crippen molar-refractivity contribution in [1.82, 2.24) is 24.5 Å². The highest BCUT2D eigenvalue weighted by molar-refractivity contribution is 5.76. The molecule has 1 aliphatic rings. The summed E-state index contributed by atoms with van der Waals surface area (Å²) in [6, 6.07) is 1.66. The molecule has 1 aliphatic heterocycles. The number of aromatic nitrogens is 4. The van der Waals surface area contributed by atoms with E-state index in [1.54, 1.807) is 6.07 Å². The standard InChI is InChI=1S/C12H16N6O2/c19-11(17-5-1-2-6-17)3-4-13-9-7-10-15-16-12(20)18(10)8-14-9/h7-8,13H,1-6H2,(H,16,20). The number of rotatable bonds is 4. The van der Waals surface area contributed by atoms with E-state index >= 15 is 0 Å². The molecular weight excluding hydrogens is 260 g/mol. The molecule has 2 N–H and O–H groups in total. The Morgan fingerprint density at radius 1 is 1.40 bits per heavy atom. The molecule has 2 aromatic rings. The fourth-order valence-corrected chi connectivity index (χ4v) is 2.33. The summed E-state index contributed by atoms with van der Waals surface area (Å²) in [6.07, 6.45) is 4.06.